The minimum Gasteiger partial charge on any atom is -0.339 e. The van der Waals surface area contributed by atoms with Gasteiger partial charge in [0.1, 0.15) is 6.54 Å². The Morgan fingerprint density at radius 2 is 1.65 bits per heavy atom. The molecule has 1 aliphatic heterocycles. The molecule has 0 saturated carbocycles. The van der Waals surface area contributed by atoms with Crippen LogP contribution in [0.5, 0.6) is 0 Å². The summed E-state index contributed by atoms with van der Waals surface area (Å²) in [5.41, 5.74) is 1.32. The van der Waals surface area contributed by atoms with Gasteiger partial charge in [-0.2, -0.15) is 0 Å². The Labute approximate surface area is 152 Å². The normalized spacial score (nSPS) is 14.4. The quantitative estimate of drug-likeness (QED) is 0.832. The second kappa shape index (κ2) is 7.51. The summed E-state index contributed by atoms with van der Waals surface area (Å²) < 4.78 is 0. The number of hydrogen-bond donors (Lipinski definition) is 0. The molecule has 0 unspecified atom stereocenters. The lowest BCUT2D eigenvalue weighted by molar-refractivity contribution is -0.137. The first-order valence-corrected chi connectivity index (χ1v) is 8.62. The lowest BCUT2D eigenvalue weighted by Crippen LogP contribution is -2.52. The zero-order valence-electron chi connectivity index (χ0n) is 15.0. The topological polar surface area (TPSA) is 73.8 Å². The van der Waals surface area contributed by atoms with Gasteiger partial charge in [0.25, 0.3) is 0 Å². The Hall–Kier alpha value is -2.96. The molecule has 0 bridgehead atoms. The molecule has 1 fully saturated rings. The third-order valence-corrected chi connectivity index (χ3v) is 4.65. The highest BCUT2D eigenvalue weighted by Crippen LogP contribution is 2.25. The Morgan fingerprint density at radius 3 is 2.31 bits per heavy atom. The van der Waals surface area contributed by atoms with Crippen molar-refractivity contribution in [3.8, 4) is 0 Å². The third kappa shape index (κ3) is 3.66. The summed E-state index contributed by atoms with van der Waals surface area (Å²) in [5.74, 6) is -0.320. The van der Waals surface area contributed by atoms with Gasteiger partial charge in [-0.3, -0.25) is 19.4 Å². The van der Waals surface area contributed by atoms with Gasteiger partial charge in [-0.25, -0.2) is 0 Å². The average Bonchev–Trinajstić information content (AvgIpc) is 2.65. The molecule has 1 aromatic heterocycles. The van der Waals surface area contributed by atoms with E-state index in [0.717, 1.165) is 5.39 Å². The number of piperazine rings is 1. The van der Waals surface area contributed by atoms with E-state index >= 15 is 0 Å². The molecular weight excluding hydrogens is 332 g/mol. The van der Waals surface area contributed by atoms with Crippen LogP contribution < -0.4 is 4.90 Å². The number of carbonyl (C=O) groups is 3. The lowest BCUT2D eigenvalue weighted by atomic mass is 10.1. The minimum absolute atomic E-state index is 0.0179. The second-order valence-corrected chi connectivity index (χ2v) is 6.34. The van der Waals surface area contributed by atoms with Crippen LogP contribution >= 0.6 is 0 Å². The van der Waals surface area contributed by atoms with E-state index < -0.39 is 0 Å². The molecule has 0 spiro atoms. The van der Waals surface area contributed by atoms with E-state index in [1.807, 2.05) is 24.3 Å². The summed E-state index contributed by atoms with van der Waals surface area (Å²) in [4.78, 5) is 45.6. The summed E-state index contributed by atoms with van der Waals surface area (Å²) in [6.07, 6.45) is 1.67. The summed E-state index contributed by atoms with van der Waals surface area (Å²) in [5, 5.41) is 0.916. The maximum absolute atomic E-state index is 12.7. The highest BCUT2D eigenvalue weighted by Gasteiger charge is 2.25. The molecule has 7 heteroatoms. The standard InChI is InChI=1S/C19H22N4O3/c1-14(24)21-9-11-22(12-10-21)18(26)13-23(15(2)25)17-7-3-5-16-6-4-8-20-19(16)17/h3-8H,9-13H2,1-2H3. The number of anilines is 1. The van der Waals surface area contributed by atoms with Crippen molar-refractivity contribution in [2.45, 2.75) is 13.8 Å². The Balaban J connectivity index is 1.78. The number of aromatic nitrogens is 1. The molecule has 3 amide bonds. The number of benzene rings is 1. The van der Waals surface area contributed by atoms with E-state index in [-0.39, 0.29) is 24.3 Å². The molecule has 1 aromatic carbocycles. The number of fused-ring (bicyclic) bond motifs is 1. The second-order valence-electron chi connectivity index (χ2n) is 6.34. The molecule has 1 aliphatic rings. The van der Waals surface area contributed by atoms with Gasteiger partial charge in [-0.05, 0) is 12.1 Å². The molecular formula is C19H22N4O3. The zero-order chi connectivity index (χ0) is 18.7. The van der Waals surface area contributed by atoms with Crippen molar-refractivity contribution < 1.29 is 14.4 Å². The van der Waals surface area contributed by atoms with Crippen molar-refractivity contribution in [1.29, 1.82) is 0 Å². The van der Waals surface area contributed by atoms with Crippen molar-refractivity contribution in [3.63, 3.8) is 0 Å². The highest BCUT2D eigenvalue weighted by atomic mass is 16.2. The highest BCUT2D eigenvalue weighted by molar-refractivity contribution is 6.04. The molecule has 0 atom stereocenters. The van der Waals surface area contributed by atoms with Gasteiger partial charge < -0.3 is 14.7 Å². The summed E-state index contributed by atoms with van der Waals surface area (Å²) in [7, 11) is 0. The Morgan fingerprint density at radius 1 is 1.00 bits per heavy atom. The van der Waals surface area contributed by atoms with Crippen LogP contribution in [0.1, 0.15) is 13.8 Å². The van der Waals surface area contributed by atoms with E-state index in [9.17, 15) is 14.4 Å². The number of amides is 3. The third-order valence-electron chi connectivity index (χ3n) is 4.65. The first-order valence-electron chi connectivity index (χ1n) is 8.62. The maximum Gasteiger partial charge on any atom is 0.242 e. The van der Waals surface area contributed by atoms with Gasteiger partial charge >= 0.3 is 0 Å². The van der Waals surface area contributed by atoms with E-state index in [2.05, 4.69) is 4.98 Å². The molecule has 0 aliphatic carbocycles. The van der Waals surface area contributed by atoms with Gasteiger partial charge in [0, 0.05) is 51.6 Å². The van der Waals surface area contributed by atoms with Crippen LogP contribution in [0, 0.1) is 0 Å². The first kappa shape index (κ1) is 17.8. The molecule has 1 saturated heterocycles. The predicted molar refractivity (Wildman–Crippen MR) is 98.6 cm³/mol. The lowest BCUT2D eigenvalue weighted by Gasteiger charge is -2.35. The van der Waals surface area contributed by atoms with Crippen molar-refractivity contribution in [3.05, 3.63) is 36.5 Å². The Kier molecular flexibility index (Phi) is 5.16. The van der Waals surface area contributed by atoms with Gasteiger partial charge in [-0.1, -0.05) is 18.2 Å². The van der Waals surface area contributed by atoms with E-state index in [4.69, 9.17) is 0 Å². The summed E-state index contributed by atoms with van der Waals surface area (Å²) >= 11 is 0. The molecule has 3 rings (SSSR count). The number of carbonyl (C=O) groups excluding carboxylic acids is 3. The van der Waals surface area contributed by atoms with Crippen molar-refractivity contribution in [2.75, 3.05) is 37.6 Å². The number of pyridine rings is 1. The first-order chi connectivity index (χ1) is 12.5. The van der Waals surface area contributed by atoms with Crippen LogP contribution in [0.3, 0.4) is 0 Å². The van der Waals surface area contributed by atoms with Crippen LogP contribution in [-0.4, -0.2) is 65.2 Å². The molecule has 0 radical (unpaired) electrons. The fraction of sp³-hybridized carbons (Fsp3) is 0.368. The summed E-state index contributed by atoms with van der Waals surface area (Å²) in [6.45, 7) is 4.96. The average molecular weight is 354 g/mol. The minimum atomic E-state index is -0.209. The fourth-order valence-electron chi connectivity index (χ4n) is 3.18. The predicted octanol–water partition coefficient (Wildman–Crippen LogP) is 1.28. The molecule has 7 nitrogen and oxygen atoms in total. The smallest absolute Gasteiger partial charge is 0.242 e. The van der Waals surface area contributed by atoms with Crippen molar-refractivity contribution >= 4 is 34.3 Å². The van der Waals surface area contributed by atoms with Gasteiger partial charge in [0.15, 0.2) is 0 Å². The zero-order valence-corrected chi connectivity index (χ0v) is 15.0. The fourth-order valence-corrected chi connectivity index (χ4v) is 3.18. The van der Waals surface area contributed by atoms with Gasteiger partial charge in [0.2, 0.25) is 17.7 Å². The monoisotopic (exact) mass is 354 g/mol. The molecule has 136 valence electrons. The molecule has 2 heterocycles. The van der Waals surface area contributed by atoms with Crippen LogP contribution in [-0.2, 0) is 14.4 Å². The molecule has 0 N–H and O–H groups in total. The van der Waals surface area contributed by atoms with Crippen LogP contribution in [0.15, 0.2) is 36.5 Å². The molecule has 26 heavy (non-hydrogen) atoms. The van der Waals surface area contributed by atoms with Crippen molar-refractivity contribution in [1.82, 2.24) is 14.8 Å². The maximum atomic E-state index is 12.7. The van der Waals surface area contributed by atoms with Crippen LogP contribution in [0.25, 0.3) is 10.9 Å². The van der Waals surface area contributed by atoms with Gasteiger partial charge in [-0.15, -0.1) is 0 Å². The Bertz CT molecular complexity index is 838. The van der Waals surface area contributed by atoms with Crippen molar-refractivity contribution in [2.24, 2.45) is 0 Å². The van der Waals surface area contributed by atoms with Crippen LogP contribution in [0.2, 0.25) is 0 Å². The number of hydrogen-bond acceptors (Lipinski definition) is 4. The van der Waals surface area contributed by atoms with E-state index in [1.165, 1.54) is 18.7 Å². The summed E-state index contributed by atoms with van der Waals surface area (Å²) in [6, 6.07) is 9.34. The number of nitrogens with zero attached hydrogens (tertiary/aromatic N) is 4. The van der Waals surface area contributed by atoms with Crippen LogP contribution in [0.4, 0.5) is 5.69 Å². The number of para-hydroxylation sites is 1. The largest absolute Gasteiger partial charge is 0.339 e. The molecule has 2 aromatic rings. The number of rotatable bonds is 3. The van der Waals surface area contributed by atoms with Gasteiger partial charge in [0.05, 0.1) is 11.2 Å². The van der Waals surface area contributed by atoms with E-state index in [1.54, 1.807) is 22.1 Å². The SMILES string of the molecule is CC(=O)N1CCN(C(=O)CN(C(C)=O)c2cccc3cccnc23)CC1. The van der Waals surface area contributed by atoms with E-state index in [0.29, 0.717) is 37.4 Å².